The zero-order valence-corrected chi connectivity index (χ0v) is 20.9. The van der Waals surface area contributed by atoms with Crippen molar-refractivity contribution < 1.29 is 27.4 Å². The number of alkyl halides is 2. The van der Waals surface area contributed by atoms with E-state index in [1.165, 1.54) is 12.1 Å². The normalized spacial score (nSPS) is 14.6. The number of carbonyl (C=O) groups excluding carboxylic acids is 1. The van der Waals surface area contributed by atoms with E-state index >= 15 is 0 Å². The van der Waals surface area contributed by atoms with Crippen LogP contribution in [0.3, 0.4) is 0 Å². The molecule has 3 heterocycles. The van der Waals surface area contributed by atoms with Crippen LogP contribution < -0.4 is 15.2 Å². The number of amides is 1. The first-order chi connectivity index (χ1) is 18.7. The highest BCUT2D eigenvalue weighted by molar-refractivity contribution is 6.10. The molecule has 1 atom stereocenters. The zero-order chi connectivity index (χ0) is 27.4. The molecule has 2 N–H and O–H groups in total. The molecule has 11 heteroatoms. The number of hydrogen-bond donors (Lipinski definition) is 1. The fraction of sp³-hybridized carbons (Fsp3) is 0.179. The predicted octanol–water partition coefficient (Wildman–Crippen LogP) is 5.32. The molecule has 8 nitrogen and oxygen atoms in total. The van der Waals surface area contributed by atoms with Crippen LogP contribution >= 0.6 is 0 Å². The Morgan fingerprint density at radius 3 is 2.74 bits per heavy atom. The van der Waals surface area contributed by atoms with Crippen LogP contribution in [-0.2, 0) is 7.05 Å². The van der Waals surface area contributed by atoms with E-state index in [0.717, 1.165) is 22.5 Å². The molecule has 0 saturated heterocycles. The van der Waals surface area contributed by atoms with Crippen molar-refractivity contribution in [3.8, 4) is 22.6 Å². The molecule has 1 amide bonds. The second-order valence-corrected chi connectivity index (χ2v) is 9.31. The van der Waals surface area contributed by atoms with Crippen LogP contribution in [0.25, 0.3) is 32.9 Å². The third-order valence-corrected chi connectivity index (χ3v) is 6.94. The summed E-state index contributed by atoms with van der Waals surface area (Å²) in [4.78, 5) is 19.6. The van der Waals surface area contributed by atoms with Crippen LogP contribution in [0, 0.1) is 5.82 Å². The zero-order valence-electron chi connectivity index (χ0n) is 20.9. The second-order valence-electron chi connectivity index (χ2n) is 9.31. The molecule has 39 heavy (non-hydrogen) atoms. The lowest BCUT2D eigenvalue weighted by molar-refractivity contribution is -0.0499. The Balaban J connectivity index is 1.30. The van der Waals surface area contributed by atoms with Crippen molar-refractivity contribution in [2.24, 2.45) is 7.05 Å². The summed E-state index contributed by atoms with van der Waals surface area (Å²) in [6, 6.07) is 13.5. The Morgan fingerprint density at radius 2 is 1.95 bits per heavy atom. The van der Waals surface area contributed by atoms with Crippen LogP contribution in [0.1, 0.15) is 22.0 Å². The topological polar surface area (TPSA) is 95.5 Å². The summed E-state index contributed by atoms with van der Waals surface area (Å²) in [5.74, 6) is -0.302. The third kappa shape index (κ3) is 4.25. The minimum atomic E-state index is -3.07. The lowest BCUT2D eigenvalue weighted by Gasteiger charge is -2.24. The summed E-state index contributed by atoms with van der Waals surface area (Å²) in [5.41, 5.74) is 9.69. The van der Waals surface area contributed by atoms with E-state index in [1.54, 1.807) is 66.3 Å². The van der Waals surface area contributed by atoms with Gasteiger partial charge in [0.25, 0.3) is 5.91 Å². The first kappa shape index (κ1) is 24.5. The molecule has 2 aromatic heterocycles. The van der Waals surface area contributed by atoms with E-state index in [4.69, 9.17) is 10.5 Å². The number of hydrogen-bond acceptors (Lipinski definition) is 6. The molecule has 0 bridgehead atoms. The van der Waals surface area contributed by atoms with Gasteiger partial charge >= 0.3 is 6.61 Å². The summed E-state index contributed by atoms with van der Waals surface area (Å²) in [5, 5.41) is 5.75. The van der Waals surface area contributed by atoms with Crippen molar-refractivity contribution in [3.63, 3.8) is 0 Å². The van der Waals surface area contributed by atoms with Gasteiger partial charge in [-0.1, -0.05) is 12.1 Å². The van der Waals surface area contributed by atoms with Gasteiger partial charge in [0, 0.05) is 36.7 Å². The van der Waals surface area contributed by atoms with Gasteiger partial charge in [-0.3, -0.25) is 9.48 Å². The molecule has 6 rings (SSSR count). The minimum Gasteiger partial charge on any atom is -0.491 e. The molecule has 3 aromatic carbocycles. The molecular weight excluding hydrogens is 511 g/mol. The van der Waals surface area contributed by atoms with Gasteiger partial charge in [-0.2, -0.15) is 13.9 Å². The SMILES string of the molecule is CN(C(=O)c1ccc2nc(N)c3cnn(C)c3c2c1)[C@@H]1COc2cc(-c3cc(F)cc(OC(F)F)c3)ccc21. The van der Waals surface area contributed by atoms with E-state index < -0.39 is 12.4 Å². The number of rotatable bonds is 5. The van der Waals surface area contributed by atoms with Crippen molar-refractivity contribution in [2.45, 2.75) is 12.7 Å². The molecule has 1 aliphatic rings. The highest BCUT2D eigenvalue weighted by Gasteiger charge is 2.31. The quantitative estimate of drug-likeness (QED) is 0.329. The van der Waals surface area contributed by atoms with Crippen molar-refractivity contribution in [1.82, 2.24) is 19.7 Å². The number of benzene rings is 3. The highest BCUT2D eigenvalue weighted by Crippen LogP contribution is 2.40. The van der Waals surface area contributed by atoms with Gasteiger partial charge in [0.15, 0.2) is 0 Å². The predicted molar refractivity (Wildman–Crippen MR) is 139 cm³/mol. The van der Waals surface area contributed by atoms with E-state index in [-0.39, 0.29) is 24.3 Å². The molecule has 0 fully saturated rings. The molecule has 1 aliphatic heterocycles. The van der Waals surface area contributed by atoms with Crippen LogP contribution in [0.5, 0.6) is 11.5 Å². The number of halogens is 3. The largest absolute Gasteiger partial charge is 0.491 e. The molecule has 198 valence electrons. The number of aromatic nitrogens is 3. The highest BCUT2D eigenvalue weighted by atomic mass is 19.3. The van der Waals surface area contributed by atoms with Gasteiger partial charge in [0.2, 0.25) is 0 Å². The van der Waals surface area contributed by atoms with Crippen LogP contribution in [0.4, 0.5) is 19.0 Å². The number of pyridine rings is 1. The van der Waals surface area contributed by atoms with Gasteiger partial charge in [-0.25, -0.2) is 9.37 Å². The minimum absolute atomic E-state index is 0.214. The Kier molecular flexibility index (Phi) is 5.78. The first-order valence-electron chi connectivity index (χ1n) is 12.0. The number of anilines is 1. The maximum absolute atomic E-state index is 14.0. The van der Waals surface area contributed by atoms with Gasteiger partial charge in [-0.05, 0) is 47.5 Å². The van der Waals surface area contributed by atoms with E-state index in [1.807, 2.05) is 0 Å². The standard InChI is InChI=1S/C28H22F3N5O3/c1-35(27(37)15-4-6-22-20(9-15)25-21(26(32)34-22)12-33-36(25)2)23-13-38-24-10-14(3-5-19(23)24)16-7-17(29)11-18(8-16)39-28(30)31/h3-12,23,28H,13H2,1-2H3,(H2,32,34)/t23-/m1/s1. The number of nitrogens with two attached hydrogens (primary N) is 1. The lowest BCUT2D eigenvalue weighted by Crippen LogP contribution is -2.32. The van der Waals surface area contributed by atoms with Crippen molar-refractivity contribution in [1.29, 1.82) is 0 Å². The van der Waals surface area contributed by atoms with Gasteiger partial charge < -0.3 is 20.1 Å². The number of fused-ring (bicyclic) bond motifs is 4. The summed E-state index contributed by atoms with van der Waals surface area (Å²) in [7, 11) is 3.50. The molecule has 0 radical (unpaired) electrons. The number of aryl methyl sites for hydroxylation is 1. The Labute approximate surface area is 220 Å². The van der Waals surface area contributed by atoms with Gasteiger partial charge in [0.1, 0.15) is 29.7 Å². The summed E-state index contributed by atoms with van der Waals surface area (Å²) < 4.78 is 51.2. The molecule has 0 spiro atoms. The van der Waals surface area contributed by atoms with Crippen molar-refractivity contribution in [3.05, 3.63) is 77.7 Å². The van der Waals surface area contributed by atoms with E-state index in [2.05, 4.69) is 14.8 Å². The molecule has 0 saturated carbocycles. The van der Waals surface area contributed by atoms with E-state index in [0.29, 0.717) is 39.2 Å². The number of ether oxygens (including phenoxy) is 2. The third-order valence-electron chi connectivity index (χ3n) is 6.94. The first-order valence-corrected chi connectivity index (χ1v) is 12.0. The smallest absolute Gasteiger partial charge is 0.387 e. The maximum atomic E-state index is 14.0. The Hall–Kier alpha value is -4.80. The van der Waals surface area contributed by atoms with Crippen molar-refractivity contribution >= 4 is 33.5 Å². The van der Waals surface area contributed by atoms with Gasteiger partial charge in [0.05, 0.1) is 28.7 Å². The van der Waals surface area contributed by atoms with Crippen LogP contribution in [0.15, 0.2) is 60.8 Å². The fourth-order valence-electron chi connectivity index (χ4n) is 5.03. The lowest BCUT2D eigenvalue weighted by atomic mass is 10.00. The number of carbonyl (C=O) groups is 1. The summed E-state index contributed by atoms with van der Waals surface area (Å²) >= 11 is 0. The average Bonchev–Trinajstić information content (AvgIpc) is 3.51. The monoisotopic (exact) mass is 533 g/mol. The summed E-state index contributed by atoms with van der Waals surface area (Å²) in [6.07, 6.45) is 1.65. The maximum Gasteiger partial charge on any atom is 0.387 e. The number of nitrogen functional groups attached to an aromatic ring is 1. The van der Waals surface area contributed by atoms with Crippen molar-refractivity contribution in [2.75, 3.05) is 19.4 Å². The molecule has 5 aromatic rings. The second kappa shape index (κ2) is 9.19. The number of likely N-dealkylation sites (N-methyl/N-ethyl adjacent to an activating group) is 1. The van der Waals surface area contributed by atoms with Crippen LogP contribution in [0.2, 0.25) is 0 Å². The number of nitrogens with zero attached hydrogens (tertiary/aromatic N) is 4. The van der Waals surface area contributed by atoms with E-state index in [9.17, 15) is 18.0 Å². The van der Waals surface area contributed by atoms with Gasteiger partial charge in [-0.15, -0.1) is 0 Å². The molecule has 0 unspecified atom stereocenters. The molecular formula is C28H22F3N5O3. The fourth-order valence-corrected chi connectivity index (χ4v) is 5.03. The van der Waals surface area contributed by atoms with Crippen LogP contribution in [-0.4, -0.2) is 45.8 Å². The summed E-state index contributed by atoms with van der Waals surface area (Å²) in [6.45, 7) is -2.84. The Morgan fingerprint density at radius 1 is 1.13 bits per heavy atom. The Bertz CT molecular complexity index is 1770. The average molecular weight is 534 g/mol. The molecule has 0 aliphatic carbocycles.